The number of hydrogen-bond acceptors (Lipinski definition) is 3. The first kappa shape index (κ1) is 22.2. The van der Waals surface area contributed by atoms with Gasteiger partial charge in [-0.2, -0.15) is 0 Å². The zero-order chi connectivity index (χ0) is 13.7. The second kappa shape index (κ2) is 10.6. The van der Waals surface area contributed by atoms with Crippen LogP contribution in [0.25, 0.3) is 0 Å². The van der Waals surface area contributed by atoms with E-state index >= 15 is 0 Å². The number of halogens is 2. The highest BCUT2D eigenvalue weighted by molar-refractivity contribution is 8.12. The molecule has 0 aliphatic rings. The van der Waals surface area contributed by atoms with Gasteiger partial charge in [-0.1, -0.05) is 23.9 Å². The average Bonchev–Trinajstić information content (AvgIpc) is 2.27. The highest BCUT2D eigenvalue weighted by atomic mass is 35.5. The maximum absolute atomic E-state index is 5.66. The molecule has 0 aromatic heterocycles. The Kier molecular flexibility index (Phi) is 11.7. The van der Waals surface area contributed by atoms with Crippen LogP contribution in [-0.2, 0) is 11.5 Å². The Morgan fingerprint density at radius 3 is 2.05 bits per heavy atom. The maximum Gasteiger partial charge on any atom is 0.300 e. The van der Waals surface area contributed by atoms with Gasteiger partial charge in [-0.05, 0) is 47.9 Å². The summed E-state index contributed by atoms with van der Waals surface area (Å²) in [5.41, 5.74) is 20.0. The van der Waals surface area contributed by atoms with Crippen LogP contribution < -0.4 is 47.4 Å². The Morgan fingerprint density at radius 1 is 1.20 bits per heavy atom. The molecular formula is C12H22Cl2N4S2. The first-order chi connectivity index (χ1) is 8.40. The van der Waals surface area contributed by atoms with E-state index in [0.717, 1.165) is 11.5 Å². The molecule has 0 radical (unpaired) electrons. The minimum Gasteiger partial charge on any atom is -1.00 e. The van der Waals surface area contributed by atoms with Crippen molar-refractivity contribution in [3.63, 3.8) is 0 Å². The fourth-order valence-electron chi connectivity index (χ4n) is 1.60. The normalized spacial score (nSPS) is 11.2. The van der Waals surface area contributed by atoms with E-state index in [0.29, 0.717) is 5.17 Å². The molecule has 0 fully saturated rings. The van der Waals surface area contributed by atoms with Crippen LogP contribution in [-0.4, -0.2) is 10.7 Å². The van der Waals surface area contributed by atoms with Gasteiger partial charge in [0.05, 0.1) is 0 Å². The quantitative estimate of drug-likeness (QED) is 0.239. The molecular weight excluding hydrogens is 335 g/mol. The molecule has 0 heterocycles. The Labute approximate surface area is 141 Å². The molecule has 8 heteroatoms. The van der Waals surface area contributed by atoms with Crippen molar-refractivity contribution >= 4 is 28.7 Å². The molecule has 0 amide bonds. The predicted octanol–water partition coefficient (Wildman–Crippen LogP) is -6.66. The summed E-state index contributed by atoms with van der Waals surface area (Å²) in [4.78, 5) is 0. The van der Waals surface area contributed by atoms with Gasteiger partial charge in [0.1, 0.15) is 0 Å². The van der Waals surface area contributed by atoms with Crippen LogP contribution in [0.4, 0.5) is 0 Å². The molecule has 0 spiro atoms. The lowest BCUT2D eigenvalue weighted by Crippen LogP contribution is -3.00. The first-order valence-electron chi connectivity index (χ1n) is 5.70. The predicted molar refractivity (Wildman–Crippen MR) is 80.5 cm³/mol. The molecule has 4 nitrogen and oxygen atoms in total. The van der Waals surface area contributed by atoms with Crippen LogP contribution in [0.3, 0.4) is 0 Å². The average molecular weight is 357 g/mol. The second-order valence-electron chi connectivity index (χ2n) is 4.25. The van der Waals surface area contributed by atoms with Gasteiger partial charge >= 0.3 is 0 Å². The van der Waals surface area contributed by atoms with E-state index in [-0.39, 0.29) is 30.3 Å². The summed E-state index contributed by atoms with van der Waals surface area (Å²) < 4.78 is 0. The van der Waals surface area contributed by atoms with Gasteiger partial charge in [0.25, 0.3) is 5.17 Å². The van der Waals surface area contributed by atoms with E-state index in [9.17, 15) is 0 Å². The number of rotatable bonds is 5. The summed E-state index contributed by atoms with van der Waals surface area (Å²) in [5.74, 6) is 1.72. The van der Waals surface area contributed by atoms with Crippen LogP contribution in [0, 0.1) is 13.8 Å². The van der Waals surface area contributed by atoms with Crippen molar-refractivity contribution in [2.75, 3.05) is 0 Å². The van der Waals surface area contributed by atoms with Crippen molar-refractivity contribution < 1.29 is 36.0 Å². The Morgan fingerprint density at radius 2 is 1.65 bits per heavy atom. The SMILES string of the molecule is Cc1cc(CSC(N)[NH3+])c(C)cc1CSC(N)=[NH2+].[Cl-].[Cl-]. The molecule has 1 atom stereocenters. The molecule has 0 saturated heterocycles. The molecule has 9 N–H and O–H groups in total. The summed E-state index contributed by atoms with van der Waals surface area (Å²) in [5, 5.41) is 5.88. The lowest BCUT2D eigenvalue weighted by atomic mass is 10.0. The van der Waals surface area contributed by atoms with Crippen molar-refractivity contribution in [3.8, 4) is 0 Å². The van der Waals surface area contributed by atoms with Gasteiger partial charge in [-0.15, -0.1) is 0 Å². The molecule has 1 rings (SSSR count). The topological polar surface area (TPSA) is 105 Å². The van der Waals surface area contributed by atoms with E-state index in [1.54, 1.807) is 11.8 Å². The van der Waals surface area contributed by atoms with Gasteiger partial charge < -0.3 is 30.5 Å². The molecule has 20 heavy (non-hydrogen) atoms. The molecule has 1 unspecified atom stereocenters. The van der Waals surface area contributed by atoms with Crippen LogP contribution in [0.1, 0.15) is 22.3 Å². The number of hydrogen-bond donors (Lipinski definition) is 4. The van der Waals surface area contributed by atoms with Gasteiger partial charge in [0.15, 0.2) is 5.50 Å². The van der Waals surface area contributed by atoms with E-state index < -0.39 is 0 Å². The minimum absolute atomic E-state index is 0. The Bertz CT molecular complexity index is 442. The third-order valence-electron chi connectivity index (χ3n) is 2.64. The minimum atomic E-state index is -0.0772. The molecule has 1 aromatic rings. The van der Waals surface area contributed by atoms with E-state index in [1.807, 2.05) is 0 Å². The smallest absolute Gasteiger partial charge is 0.300 e. The summed E-state index contributed by atoms with van der Waals surface area (Å²) in [6, 6.07) is 4.42. The van der Waals surface area contributed by atoms with Crippen LogP contribution in [0.15, 0.2) is 12.1 Å². The van der Waals surface area contributed by atoms with E-state index in [1.165, 1.54) is 34.0 Å². The molecule has 0 bridgehead atoms. The van der Waals surface area contributed by atoms with Gasteiger partial charge in [0.2, 0.25) is 0 Å². The number of thioether (sulfide) groups is 2. The summed E-state index contributed by atoms with van der Waals surface area (Å²) >= 11 is 3.12. The van der Waals surface area contributed by atoms with Gasteiger partial charge in [-0.3, -0.25) is 16.9 Å². The zero-order valence-corrected chi connectivity index (χ0v) is 14.8. The van der Waals surface area contributed by atoms with Crippen molar-refractivity contribution in [2.45, 2.75) is 30.9 Å². The fourth-order valence-corrected chi connectivity index (χ4v) is 2.94. The molecule has 116 valence electrons. The van der Waals surface area contributed by atoms with Crippen LogP contribution in [0.2, 0.25) is 0 Å². The number of benzene rings is 1. The summed E-state index contributed by atoms with van der Waals surface area (Å²) in [6.45, 7) is 4.23. The van der Waals surface area contributed by atoms with Crippen LogP contribution in [0.5, 0.6) is 0 Å². The standard InChI is InChI=1S/C12H20N4S2.2ClH/c1-7-3-10(6-18-12(15)16)8(2)4-9(7)5-17-11(13)14;;/h3-4,11H,5-6,13-14H2,1-2H3,(H3,15,16);2*1H. The lowest BCUT2D eigenvalue weighted by Gasteiger charge is -2.11. The second-order valence-corrected chi connectivity index (χ2v) is 6.52. The van der Waals surface area contributed by atoms with Gasteiger partial charge in [-0.25, -0.2) is 0 Å². The first-order valence-corrected chi connectivity index (χ1v) is 7.73. The van der Waals surface area contributed by atoms with Crippen molar-refractivity contribution in [2.24, 2.45) is 11.5 Å². The highest BCUT2D eigenvalue weighted by Gasteiger charge is 2.08. The zero-order valence-electron chi connectivity index (χ0n) is 11.7. The Balaban J connectivity index is 0. The largest absolute Gasteiger partial charge is 1.00 e. The number of amidine groups is 1. The Hall–Kier alpha value is -0.110. The summed E-state index contributed by atoms with van der Waals surface area (Å²) in [6.07, 6.45) is 0. The molecule has 0 aliphatic heterocycles. The monoisotopic (exact) mass is 356 g/mol. The van der Waals surface area contributed by atoms with Gasteiger partial charge in [0, 0.05) is 11.5 Å². The van der Waals surface area contributed by atoms with Crippen molar-refractivity contribution in [1.29, 1.82) is 0 Å². The lowest BCUT2D eigenvalue weighted by molar-refractivity contribution is -0.384. The number of quaternary nitrogens is 1. The van der Waals surface area contributed by atoms with Crippen molar-refractivity contribution in [3.05, 3.63) is 34.4 Å². The van der Waals surface area contributed by atoms with Crippen molar-refractivity contribution in [1.82, 2.24) is 0 Å². The number of aryl methyl sites for hydroxylation is 2. The third kappa shape index (κ3) is 7.61. The van der Waals surface area contributed by atoms with Crippen LogP contribution >= 0.6 is 23.5 Å². The molecule has 0 aliphatic carbocycles. The third-order valence-corrected chi connectivity index (χ3v) is 4.34. The van der Waals surface area contributed by atoms with E-state index in [4.69, 9.17) is 16.9 Å². The highest BCUT2D eigenvalue weighted by Crippen LogP contribution is 2.23. The summed E-state index contributed by atoms with van der Waals surface area (Å²) in [7, 11) is 0. The number of nitrogens with two attached hydrogens (primary N) is 3. The fraction of sp³-hybridized carbons (Fsp3) is 0.417. The molecule has 0 saturated carbocycles. The molecule has 1 aromatic carbocycles. The van der Waals surface area contributed by atoms with E-state index in [2.05, 4.69) is 31.7 Å². The maximum atomic E-state index is 5.66.